The lowest BCUT2D eigenvalue weighted by molar-refractivity contribution is 0.161. The maximum absolute atomic E-state index is 6.27. The zero-order chi connectivity index (χ0) is 14.3. The lowest BCUT2D eigenvalue weighted by atomic mass is 9.94. The second-order valence-corrected chi connectivity index (χ2v) is 6.98. The molecule has 2 atom stereocenters. The second-order valence-electron chi connectivity index (χ2n) is 4.80. The third kappa shape index (κ3) is 2.75. The molecule has 0 bridgehead atoms. The maximum Gasteiger partial charge on any atom is 0.126 e. The molecule has 2 aromatic rings. The van der Waals surface area contributed by atoms with E-state index in [0.717, 1.165) is 32.2 Å². The topological polar surface area (TPSA) is 35.2 Å². The average molecular weight is 418 g/mol. The Balaban J connectivity index is 1.94. The van der Waals surface area contributed by atoms with Crippen molar-refractivity contribution in [1.29, 1.82) is 0 Å². The van der Waals surface area contributed by atoms with E-state index < -0.39 is 0 Å². The zero-order valence-electron chi connectivity index (χ0n) is 10.4. The largest absolute Gasteiger partial charge is 0.485 e. The fourth-order valence-corrected chi connectivity index (χ4v) is 3.29. The first kappa shape index (κ1) is 14.4. The van der Waals surface area contributed by atoms with Crippen LogP contribution >= 0.6 is 43.5 Å². The van der Waals surface area contributed by atoms with Crippen molar-refractivity contribution in [2.45, 2.75) is 18.6 Å². The van der Waals surface area contributed by atoms with E-state index in [-0.39, 0.29) is 12.1 Å². The van der Waals surface area contributed by atoms with Crippen LogP contribution in [-0.2, 0) is 0 Å². The highest BCUT2D eigenvalue weighted by molar-refractivity contribution is 9.10. The molecule has 2 N–H and O–H groups in total. The molecule has 0 fully saturated rings. The number of ether oxygens (including phenoxy) is 1. The van der Waals surface area contributed by atoms with E-state index >= 15 is 0 Å². The molecule has 2 aromatic carbocycles. The van der Waals surface area contributed by atoms with Crippen molar-refractivity contribution in [3.8, 4) is 5.75 Å². The Bertz CT molecular complexity index is 662. The van der Waals surface area contributed by atoms with Crippen LogP contribution in [0.1, 0.15) is 29.7 Å². The standard InChI is InChI=1S/C15H12Br2ClNO/c16-9-2-4-14-10(6-9)13(19)7-15(20-14)8-1-3-12(18)11(17)5-8/h1-6,13,15H,7,19H2/t13-,15?/m0/s1. The molecule has 0 radical (unpaired) electrons. The van der Waals surface area contributed by atoms with E-state index in [0.29, 0.717) is 5.02 Å². The fraction of sp³-hybridized carbons (Fsp3) is 0.200. The van der Waals surface area contributed by atoms with Gasteiger partial charge in [0.1, 0.15) is 11.9 Å². The summed E-state index contributed by atoms with van der Waals surface area (Å²) in [6, 6.07) is 11.7. The van der Waals surface area contributed by atoms with Crippen molar-refractivity contribution in [2.75, 3.05) is 0 Å². The highest BCUT2D eigenvalue weighted by Crippen LogP contribution is 2.41. The molecule has 1 aliphatic rings. The summed E-state index contributed by atoms with van der Waals surface area (Å²) >= 11 is 12.9. The molecule has 1 unspecified atom stereocenters. The van der Waals surface area contributed by atoms with Gasteiger partial charge in [0.05, 0.1) is 5.02 Å². The van der Waals surface area contributed by atoms with Gasteiger partial charge >= 0.3 is 0 Å². The summed E-state index contributed by atoms with van der Waals surface area (Å²) in [5, 5.41) is 0.693. The van der Waals surface area contributed by atoms with E-state index in [2.05, 4.69) is 31.9 Å². The van der Waals surface area contributed by atoms with Crippen LogP contribution in [-0.4, -0.2) is 0 Å². The number of hydrogen-bond acceptors (Lipinski definition) is 2. The smallest absolute Gasteiger partial charge is 0.126 e. The lowest BCUT2D eigenvalue weighted by Gasteiger charge is -2.31. The van der Waals surface area contributed by atoms with Gasteiger partial charge in [-0.15, -0.1) is 0 Å². The number of rotatable bonds is 1. The summed E-state index contributed by atoms with van der Waals surface area (Å²) in [5.41, 5.74) is 8.39. The van der Waals surface area contributed by atoms with Gasteiger partial charge in [-0.05, 0) is 51.8 Å². The molecule has 0 amide bonds. The van der Waals surface area contributed by atoms with Gasteiger partial charge in [0.25, 0.3) is 0 Å². The first-order chi connectivity index (χ1) is 9.54. The summed E-state index contributed by atoms with van der Waals surface area (Å²) in [4.78, 5) is 0. The van der Waals surface area contributed by atoms with E-state index in [9.17, 15) is 0 Å². The van der Waals surface area contributed by atoms with Gasteiger partial charge in [-0.3, -0.25) is 0 Å². The Morgan fingerprint density at radius 3 is 2.70 bits per heavy atom. The summed E-state index contributed by atoms with van der Waals surface area (Å²) in [5.74, 6) is 0.850. The molecule has 0 saturated heterocycles. The van der Waals surface area contributed by atoms with Crippen molar-refractivity contribution in [3.63, 3.8) is 0 Å². The summed E-state index contributed by atoms with van der Waals surface area (Å²) < 4.78 is 7.96. The third-order valence-corrected chi connectivity index (χ3v) is 5.13. The predicted molar refractivity (Wildman–Crippen MR) is 88.2 cm³/mol. The monoisotopic (exact) mass is 415 g/mol. The molecule has 5 heteroatoms. The van der Waals surface area contributed by atoms with Crippen molar-refractivity contribution < 1.29 is 4.74 Å². The van der Waals surface area contributed by atoms with Crippen LogP contribution < -0.4 is 10.5 Å². The first-order valence-electron chi connectivity index (χ1n) is 6.21. The van der Waals surface area contributed by atoms with Crippen LogP contribution in [0.15, 0.2) is 45.3 Å². The maximum atomic E-state index is 6.27. The Kier molecular flexibility index (Phi) is 4.09. The molecule has 3 rings (SSSR count). The summed E-state index contributed by atoms with van der Waals surface area (Å²) in [6.45, 7) is 0. The van der Waals surface area contributed by atoms with Gasteiger partial charge in [0, 0.05) is 27.0 Å². The van der Waals surface area contributed by atoms with Crippen LogP contribution in [0.4, 0.5) is 0 Å². The minimum atomic E-state index is -0.0488. The molecule has 0 saturated carbocycles. The summed E-state index contributed by atoms with van der Waals surface area (Å²) in [6.07, 6.45) is 0.699. The minimum absolute atomic E-state index is 0.0318. The molecule has 1 heterocycles. The number of nitrogens with two attached hydrogens (primary N) is 1. The Morgan fingerprint density at radius 1 is 1.15 bits per heavy atom. The third-order valence-electron chi connectivity index (χ3n) is 3.42. The fourth-order valence-electron chi connectivity index (χ4n) is 2.39. The minimum Gasteiger partial charge on any atom is -0.485 e. The molecule has 104 valence electrons. The van der Waals surface area contributed by atoms with Crippen LogP contribution in [0, 0.1) is 0 Å². The summed E-state index contributed by atoms with van der Waals surface area (Å²) in [7, 11) is 0. The van der Waals surface area contributed by atoms with Gasteiger partial charge in [0.2, 0.25) is 0 Å². The lowest BCUT2D eigenvalue weighted by Crippen LogP contribution is -2.24. The molecular weight excluding hydrogens is 405 g/mol. The van der Waals surface area contributed by atoms with E-state index in [1.807, 2.05) is 36.4 Å². The molecule has 20 heavy (non-hydrogen) atoms. The van der Waals surface area contributed by atoms with Crippen molar-refractivity contribution in [3.05, 3.63) is 61.5 Å². The number of fused-ring (bicyclic) bond motifs is 1. The van der Waals surface area contributed by atoms with Crippen LogP contribution in [0.3, 0.4) is 0 Å². The van der Waals surface area contributed by atoms with Crippen molar-refractivity contribution in [1.82, 2.24) is 0 Å². The Morgan fingerprint density at radius 2 is 1.95 bits per heavy atom. The van der Waals surface area contributed by atoms with E-state index in [4.69, 9.17) is 22.1 Å². The van der Waals surface area contributed by atoms with Crippen molar-refractivity contribution in [2.24, 2.45) is 5.73 Å². The normalized spacial score (nSPS) is 21.2. The van der Waals surface area contributed by atoms with E-state index in [1.54, 1.807) is 0 Å². The number of hydrogen-bond donors (Lipinski definition) is 1. The highest BCUT2D eigenvalue weighted by atomic mass is 79.9. The molecule has 2 nitrogen and oxygen atoms in total. The van der Waals surface area contributed by atoms with Gasteiger partial charge < -0.3 is 10.5 Å². The zero-order valence-corrected chi connectivity index (χ0v) is 14.4. The molecule has 0 spiro atoms. The quantitative estimate of drug-likeness (QED) is 0.675. The number of benzene rings is 2. The second kappa shape index (κ2) is 5.68. The molecule has 1 aliphatic heterocycles. The Labute approximate surface area is 139 Å². The van der Waals surface area contributed by atoms with Gasteiger partial charge in [0.15, 0.2) is 0 Å². The van der Waals surface area contributed by atoms with Crippen LogP contribution in [0.2, 0.25) is 5.02 Å². The van der Waals surface area contributed by atoms with Crippen LogP contribution in [0.5, 0.6) is 5.75 Å². The molecule has 0 aromatic heterocycles. The Hall–Kier alpha value is -0.550. The average Bonchev–Trinajstić information content (AvgIpc) is 2.42. The molecule has 0 aliphatic carbocycles. The van der Waals surface area contributed by atoms with E-state index in [1.165, 1.54) is 0 Å². The molecular formula is C15H12Br2ClNO. The number of halogens is 3. The predicted octanol–water partition coefficient (Wildman–Crippen LogP) is 5.39. The highest BCUT2D eigenvalue weighted by Gasteiger charge is 2.27. The van der Waals surface area contributed by atoms with Gasteiger partial charge in [-0.1, -0.05) is 33.6 Å². The van der Waals surface area contributed by atoms with Gasteiger partial charge in [-0.2, -0.15) is 0 Å². The first-order valence-corrected chi connectivity index (χ1v) is 8.17. The SMILES string of the molecule is N[C@H]1CC(c2ccc(Cl)c(Br)c2)Oc2ccc(Br)cc21. The van der Waals surface area contributed by atoms with Gasteiger partial charge in [-0.25, -0.2) is 0 Å². The van der Waals surface area contributed by atoms with Crippen molar-refractivity contribution >= 4 is 43.5 Å². The van der Waals surface area contributed by atoms with Crippen LogP contribution in [0.25, 0.3) is 0 Å².